The summed E-state index contributed by atoms with van der Waals surface area (Å²) in [6, 6.07) is 14.1. The van der Waals surface area contributed by atoms with Crippen LogP contribution in [0, 0.1) is 6.92 Å². The minimum absolute atomic E-state index is 0.0601. The fourth-order valence-corrected chi connectivity index (χ4v) is 2.33. The molecule has 3 rings (SSSR count). The molecule has 4 heteroatoms. The van der Waals surface area contributed by atoms with Gasteiger partial charge in [0, 0.05) is 12.0 Å². The Morgan fingerprint density at radius 2 is 1.95 bits per heavy atom. The third-order valence-electron chi connectivity index (χ3n) is 3.46. The highest BCUT2D eigenvalue weighted by atomic mass is 16.4. The highest BCUT2D eigenvalue weighted by Crippen LogP contribution is 2.26. The first-order valence-electron chi connectivity index (χ1n) is 6.81. The summed E-state index contributed by atoms with van der Waals surface area (Å²) < 4.78 is 5.68. The van der Waals surface area contributed by atoms with Crippen molar-refractivity contribution < 1.29 is 14.3 Å². The van der Waals surface area contributed by atoms with Crippen molar-refractivity contribution in [3.63, 3.8) is 0 Å². The van der Waals surface area contributed by atoms with E-state index in [1.807, 2.05) is 43.3 Å². The van der Waals surface area contributed by atoms with Crippen LogP contribution in [0.4, 0.5) is 0 Å². The van der Waals surface area contributed by atoms with Crippen LogP contribution in [0.25, 0.3) is 22.2 Å². The number of rotatable bonds is 4. The molecule has 0 saturated heterocycles. The molecule has 0 unspecified atom stereocenters. The molecule has 0 radical (unpaired) electrons. The third-order valence-corrected chi connectivity index (χ3v) is 3.46. The summed E-state index contributed by atoms with van der Waals surface area (Å²) in [5.41, 5.74) is 1.61. The van der Waals surface area contributed by atoms with Gasteiger partial charge < -0.3 is 9.52 Å². The van der Waals surface area contributed by atoms with Crippen LogP contribution in [-0.4, -0.2) is 16.1 Å². The number of carboxylic acid groups (broad SMARTS) is 1. The fourth-order valence-electron chi connectivity index (χ4n) is 2.33. The summed E-state index contributed by atoms with van der Waals surface area (Å²) in [4.78, 5) is 15.1. The van der Waals surface area contributed by atoms with Gasteiger partial charge in [0.15, 0.2) is 0 Å². The van der Waals surface area contributed by atoms with Gasteiger partial charge in [-0.15, -0.1) is 0 Å². The molecule has 0 bridgehead atoms. The number of benzene rings is 2. The molecule has 1 aromatic heterocycles. The van der Waals surface area contributed by atoms with E-state index in [1.165, 1.54) is 0 Å². The predicted octanol–water partition coefficient (Wildman–Crippen LogP) is 3.82. The zero-order valence-corrected chi connectivity index (χ0v) is 11.7. The lowest BCUT2D eigenvalue weighted by Gasteiger charge is -1.99. The Morgan fingerprint density at radius 1 is 1.19 bits per heavy atom. The molecule has 0 aliphatic rings. The maximum absolute atomic E-state index is 10.6. The van der Waals surface area contributed by atoms with Crippen LogP contribution in [0.15, 0.2) is 46.9 Å². The topological polar surface area (TPSA) is 63.3 Å². The van der Waals surface area contributed by atoms with Gasteiger partial charge in [-0.25, -0.2) is 4.98 Å². The number of oxazole rings is 1. The number of carbonyl (C=O) groups is 1. The van der Waals surface area contributed by atoms with E-state index in [4.69, 9.17) is 9.52 Å². The van der Waals surface area contributed by atoms with Crippen molar-refractivity contribution in [1.29, 1.82) is 0 Å². The second kappa shape index (κ2) is 5.40. The Balaban J connectivity index is 1.95. The maximum Gasteiger partial charge on any atom is 0.303 e. The monoisotopic (exact) mass is 281 g/mol. The Morgan fingerprint density at radius 3 is 2.71 bits per heavy atom. The minimum atomic E-state index is -0.829. The molecule has 0 aliphatic heterocycles. The molecule has 106 valence electrons. The molecular weight excluding hydrogens is 266 g/mol. The van der Waals surface area contributed by atoms with E-state index >= 15 is 0 Å². The van der Waals surface area contributed by atoms with E-state index in [1.54, 1.807) is 0 Å². The summed E-state index contributed by atoms with van der Waals surface area (Å²) in [5.74, 6) is 0.391. The van der Waals surface area contributed by atoms with Gasteiger partial charge in [0.2, 0.25) is 5.89 Å². The molecule has 3 aromatic rings. The predicted molar refractivity (Wildman–Crippen MR) is 80.1 cm³/mol. The van der Waals surface area contributed by atoms with Gasteiger partial charge >= 0.3 is 5.97 Å². The lowest BCUT2D eigenvalue weighted by molar-refractivity contribution is -0.136. The Labute approximate surface area is 122 Å². The van der Waals surface area contributed by atoms with E-state index in [9.17, 15) is 4.79 Å². The molecular formula is C17H15NO3. The lowest BCUT2D eigenvalue weighted by Crippen LogP contribution is -1.98. The molecule has 0 spiro atoms. The average molecular weight is 281 g/mol. The lowest BCUT2D eigenvalue weighted by atomic mass is 10.1. The van der Waals surface area contributed by atoms with Crippen LogP contribution < -0.4 is 0 Å². The number of carboxylic acids is 1. The number of aromatic nitrogens is 1. The molecule has 0 fully saturated rings. The molecule has 0 amide bonds. The van der Waals surface area contributed by atoms with Gasteiger partial charge in [-0.3, -0.25) is 4.79 Å². The van der Waals surface area contributed by atoms with E-state index in [2.05, 4.69) is 11.1 Å². The van der Waals surface area contributed by atoms with Crippen LogP contribution >= 0.6 is 0 Å². The van der Waals surface area contributed by atoms with Crippen LogP contribution in [0.1, 0.15) is 17.9 Å². The Kier molecular flexibility index (Phi) is 3.44. The van der Waals surface area contributed by atoms with E-state index in [0.29, 0.717) is 23.8 Å². The molecule has 0 saturated carbocycles. The van der Waals surface area contributed by atoms with Crippen molar-refractivity contribution in [3.8, 4) is 11.5 Å². The average Bonchev–Trinajstić information content (AvgIpc) is 2.86. The first-order valence-corrected chi connectivity index (χ1v) is 6.81. The van der Waals surface area contributed by atoms with Gasteiger partial charge in [-0.05, 0) is 29.8 Å². The van der Waals surface area contributed by atoms with Gasteiger partial charge in [-0.2, -0.15) is 0 Å². The smallest absolute Gasteiger partial charge is 0.303 e. The zero-order chi connectivity index (χ0) is 14.8. The van der Waals surface area contributed by atoms with Gasteiger partial charge in [0.1, 0.15) is 5.76 Å². The number of aliphatic carboxylic acids is 1. The van der Waals surface area contributed by atoms with Crippen molar-refractivity contribution in [1.82, 2.24) is 4.98 Å². The standard InChI is InChI=1S/C17H15NO3/c1-11-15(8-9-16(19)20)18-17(21-11)14-7-6-12-4-2-3-5-13(12)10-14/h2-7,10H,8-9H2,1H3,(H,19,20). The summed E-state index contributed by atoms with van der Waals surface area (Å²) in [6.45, 7) is 1.81. The molecule has 2 aromatic carbocycles. The maximum atomic E-state index is 10.6. The largest absolute Gasteiger partial charge is 0.481 e. The molecule has 0 atom stereocenters. The van der Waals surface area contributed by atoms with Crippen LogP contribution in [0.2, 0.25) is 0 Å². The second-order valence-electron chi connectivity index (χ2n) is 4.98. The van der Waals surface area contributed by atoms with E-state index in [0.717, 1.165) is 16.3 Å². The summed E-state index contributed by atoms with van der Waals surface area (Å²) in [6.07, 6.45) is 0.447. The second-order valence-corrected chi connectivity index (χ2v) is 4.98. The minimum Gasteiger partial charge on any atom is -0.481 e. The van der Waals surface area contributed by atoms with Crippen molar-refractivity contribution in [2.45, 2.75) is 19.8 Å². The van der Waals surface area contributed by atoms with Crippen molar-refractivity contribution in [2.24, 2.45) is 0 Å². The van der Waals surface area contributed by atoms with E-state index in [-0.39, 0.29) is 6.42 Å². The fraction of sp³-hybridized carbons (Fsp3) is 0.176. The molecule has 0 aliphatic carbocycles. The van der Waals surface area contributed by atoms with Crippen LogP contribution in [0.5, 0.6) is 0 Å². The quantitative estimate of drug-likeness (QED) is 0.789. The number of nitrogens with zero attached hydrogens (tertiary/aromatic N) is 1. The number of aryl methyl sites for hydroxylation is 2. The summed E-state index contributed by atoms with van der Waals surface area (Å²) in [7, 11) is 0. The molecule has 1 N–H and O–H groups in total. The van der Waals surface area contributed by atoms with Crippen LogP contribution in [-0.2, 0) is 11.2 Å². The Hall–Kier alpha value is -2.62. The van der Waals surface area contributed by atoms with Gasteiger partial charge in [-0.1, -0.05) is 30.3 Å². The first kappa shape index (κ1) is 13.4. The zero-order valence-electron chi connectivity index (χ0n) is 11.7. The molecule has 4 nitrogen and oxygen atoms in total. The number of hydrogen-bond donors (Lipinski definition) is 1. The van der Waals surface area contributed by atoms with E-state index < -0.39 is 5.97 Å². The highest BCUT2D eigenvalue weighted by molar-refractivity contribution is 5.86. The summed E-state index contributed by atoms with van der Waals surface area (Å²) in [5, 5.41) is 11.0. The summed E-state index contributed by atoms with van der Waals surface area (Å²) >= 11 is 0. The normalized spacial score (nSPS) is 10.9. The van der Waals surface area contributed by atoms with Crippen LogP contribution in [0.3, 0.4) is 0 Å². The molecule has 21 heavy (non-hydrogen) atoms. The van der Waals surface area contributed by atoms with Gasteiger partial charge in [0.05, 0.1) is 12.1 Å². The van der Waals surface area contributed by atoms with Crippen molar-refractivity contribution in [3.05, 3.63) is 53.9 Å². The third kappa shape index (κ3) is 2.79. The Bertz CT molecular complexity index is 805. The highest BCUT2D eigenvalue weighted by Gasteiger charge is 2.12. The van der Waals surface area contributed by atoms with Crippen molar-refractivity contribution >= 4 is 16.7 Å². The number of fused-ring (bicyclic) bond motifs is 1. The van der Waals surface area contributed by atoms with Gasteiger partial charge in [0.25, 0.3) is 0 Å². The first-order chi connectivity index (χ1) is 10.1. The van der Waals surface area contributed by atoms with Crippen molar-refractivity contribution in [2.75, 3.05) is 0 Å². The number of hydrogen-bond acceptors (Lipinski definition) is 3. The SMILES string of the molecule is Cc1oc(-c2ccc3ccccc3c2)nc1CCC(=O)O. The molecule has 1 heterocycles.